The molecule has 10 heteroatoms. The van der Waals surface area contributed by atoms with Gasteiger partial charge in [-0.25, -0.2) is 13.4 Å². The number of thiazole rings is 1. The molecule has 0 spiro atoms. The third kappa shape index (κ3) is 5.68. The van der Waals surface area contributed by atoms with Crippen LogP contribution in [-0.2, 0) is 24.3 Å². The summed E-state index contributed by atoms with van der Waals surface area (Å²) in [6.45, 7) is 2.29. The standard InChI is InChI=1S/C17H17N3O5S2/c1-11-3-5-13(6-4-11)27(23,24)19-8-16(22)25-9-15(21)14(7-18)17-20-12(2)10-26-17/h3-6,10,14,19H,8-9H2,1-2H3/t14-/m1/s1. The Bertz CT molecular complexity index is 975. The van der Waals surface area contributed by atoms with Gasteiger partial charge in [0.05, 0.1) is 11.0 Å². The predicted molar refractivity (Wildman–Crippen MR) is 97.5 cm³/mol. The zero-order chi connectivity index (χ0) is 20.0. The molecule has 2 rings (SSSR count). The molecule has 0 amide bonds. The maximum atomic E-state index is 12.1. The van der Waals surface area contributed by atoms with Gasteiger partial charge in [-0.1, -0.05) is 17.7 Å². The van der Waals surface area contributed by atoms with E-state index in [1.807, 2.05) is 13.0 Å². The third-order valence-electron chi connectivity index (χ3n) is 3.45. The first-order chi connectivity index (χ1) is 12.7. The number of carbonyl (C=O) groups is 2. The normalized spacial score (nSPS) is 12.2. The number of Topliss-reactive ketones (excluding diaryl/α,β-unsaturated/α-hetero) is 1. The van der Waals surface area contributed by atoms with Gasteiger partial charge in [-0.05, 0) is 26.0 Å². The smallest absolute Gasteiger partial charge is 0.321 e. The lowest BCUT2D eigenvalue weighted by atomic mass is 10.1. The lowest BCUT2D eigenvalue weighted by Gasteiger charge is -2.08. The Kier molecular flexibility index (Phi) is 6.79. The summed E-state index contributed by atoms with van der Waals surface area (Å²) in [4.78, 5) is 27.9. The predicted octanol–water partition coefficient (Wildman–Crippen LogP) is 1.46. The number of hydrogen-bond donors (Lipinski definition) is 1. The molecule has 8 nitrogen and oxygen atoms in total. The van der Waals surface area contributed by atoms with Gasteiger partial charge in [0.25, 0.3) is 0 Å². The van der Waals surface area contributed by atoms with E-state index < -0.39 is 40.8 Å². The number of aromatic nitrogens is 1. The second-order valence-corrected chi connectivity index (χ2v) is 8.31. The van der Waals surface area contributed by atoms with E-state index in [-0.39, 0.29) is 4.90 Å². The molecule has 1 heterocycles. The number of benzene rings is 1. The van der Waals surface area contributed by atoms with Gasteiger partial charge >= 0.3 is 5.97 Å². The van der Waals surface area contributed by atoms with Gasteiger partial charge in [-0.15, -0.1) is 11.3 Å². The van der Waals surface area contributed by atoms with Crippen LogP contribution in [0, 0.1) is 25.2 Å². The molecule has 2 aromatic rings. The summed E-state index contributed by atoms with van der Waals surface area (Å²) in [7, 11) is -3.87. The first kappa shape index (κ1) is 20.7. The highest BCUT2D eigenvalue weighted by Gasteiger charge is 2.25. The quantitative estimate of drug-likeness (QED) is 0.656. The van der Waals surface area contributed by atoms with Crippen molar-refractivity contribution in [2.45, 2.75) is 24.7 Å². The fourth-order valence-corrected chi connectivity index (χ4v) is 3.84. The molecule has 0 fully saturated rings. The van der Waals surface area contributed by atoms with E-state index in [0.717, 1.165) is 5.56 Å². The van der Waals surface area contributed by atoms with E-state index in [1.54, 1.807) is 24.4 Å². The summed E-state index contributed by atoms with van der Waals surface area (Å²) in [5.41, 5.74) is 1.58. The van der Waals surface area contributed by atoms with Gasteiger partial charge in [-0.3, -0.25) is 9.59 Å². The molecule has 1 aromatic carbocycles. The lowest BCUT2D eigenvalue weighted by molar-refractivity contribution is -0.146. The van der Waals surface area contributed by atoms with E-state index in [0.29, 0.717) is 10.7 Å². The second-order valence-electron chi connectivity index (χ2n) is 5.65. The summed E-state index contributed by atoms with van der Waals surface area (Å²) in [6.07, 6.45) is 0. The molecule has 0 radical (unpaired) electrons. The van der Waals surface area contributed by atoms with Crippen LogP contribution >= 0.6 is 11.3 Å². The van der Waals surface area contributed by atoms with Gasteiger partial charge < -0.3 is 4.74 Å². The number of nitriles is 1. The minimum atomic E-state index is -3.87. The summed E-state index contributed by atoms with van der Waals surface area (Å²) in [6, 6.07) is 7.93. The van der Waals surface area contributed by atoms with Crippen LogP contribution in [0.25, 0.3) is 0 Å². The van der Waals surface area contributed by atoms with Crippen LogP contribution in [0.5, 0.6) is 0 Å². The van der Waals surface area contributed by atoms with Gasteiger partial charge in [0, 0.05) is 11.1 Å². The first-order valence-electron chi connectivity index (χ1n) is 7.79. The Hall–Kier alpha value is -2.61. The van der Waals surface area contributed by atoms with E-state index in [4.69, 9.17) is 10.00 Å². The largest absolute Gasteiger partial charge is 0.457 e. The van der Waals surface area contributed by atoms with Crippen LogP contribution in [0.15, 0.2) is 34.5 Å². The fraction of sp³-hybridized carbons (Fsp3) is 0.294. The number of hydrogen-bond acceptors (Lipinski definition) is 8. The van der Waals surface area contributed by atoms with Gasteiger partial charge in [0.2, 0.25) is 10.0 Å². The molecule has 0 aliphatic heterocycles. The van der Waals surface area contributed by atoms with Crippen molar-refractivity contribution in [3.8, 4) is 6.07 Å². The number of carbonyl (C=O) groups excluding carboxylic acids is 2. The van der Waals surface area contributed by atoms with Crippen LogP contribution in [0.2, 0.25) is 0 Å². The first-order valence-corrected chi connectivity index (χ1v) is 10.2. The Labute approximate surface area is 160 Å². The summed E-state index contributed by atoms with van der Waals surface area (Å²) in [5.74, 6) is -2.67. The number of aryl methyl sites for hydroxylation is 2. The molecule has 142 valence electrons. The van der Waals surface area contributed by atoms with Crippen LogP contribution in [0.1, 0.15) is 22.2 Å². The molecular formula is C17H17N3O5S2. The number of sulfonamides is 1. The van der Waals surface area contributed by atoms with Crippen molar-refractivity contribution in [2.24, 2.45) is 0 Å². The average Bonchev–Trinajstić information content (AvgIpc) is 3.05. The van der Waals surface area contributed by atoms with Crippen molar-refractivity contribution >= 4 is 33.1 Å². The molecule has 0 saturated carbocycles. The zero-order valence-corrected chi connectivity index (χ0v) is 16.3. The molecule has 0 bridgehead atoms. The summed E-state index contributed by atoms with van der Waals surface area (Å²) in [5, 5.41) is 11.2. The molecule has 0 saturated heterocycles. The molecule has 1 N–H and O–H groups in total. The van der Waals surface area contributed by atoms with E-state index in [2.05, 4.69) is 9.71 Å². The highest BCUT2D eigenvalue weighted by atomic mass is 32.2. The van der Waals surface area contributed by atoms with Gasteiger partial charge in [-0.2, -0.15) is 9.98 Å². The number of nitrogens with one attached hydrogen (secondary N) is 1. The number of ketones is 1. The minimum absolute atomic E-state index is 0.0145. The monoisotopic (exact) mass is 407 g/mol. The van der Waals surface area contributed by atoms with E-state index in [1.165, 1.54) is 23.5 Å². The third-order valence-corrected chi connectivity index (χ3v) is 5.89. The Morgan fingerprint density at radius 1 is 1.30 bits per heavy atom. The van der Waals surface area contributed by atoms with Crippen LogP contribution in [-0.4, -0.2) is 38.3 Å². The molecular weight excluding hydrogens is 390 g/mol. The Morgan fingerprint density at radius 3 is 2.52 bits per heavy atom. The maximum absolute atomic E-state index is 12.1. The summed E-state index contributed by atoms with van der Waals surface area (Å²) >= 11 is 1.17. The van der Waals surface area contributed by atoms with Gasteiger partial charge in [0.15, 0.2) is 18.3 Å². The molecule has 27 heavy (non-hydrogen) atoms. The molecule has 1 atom stereocenters. The minimum Gasteiger partial charge on any atom is -0.457 e. The highest BCUT2D eigenvalue weighted by molar-refractivity contribution is 7.89. The van der Waals surface area contributed by atoms with Crippen molar-refractivity contribution in [3.05, 3.63) is 45.9 Å². The van der Waals surface area contributed by atoms with Crippen LogP contribution in [0.3, 0.4) is 0 Å². The van der Waals surface area contributed by atoms with Crippen LogP contribution in [0.4, 0.5) is 0 Å². The second kappa shape index (κ2) is 8.85. The Balaban J connectivity index is 1.87. The molecule has 1 aromatic heterocycles. The zero-order valence-electron chi connectivity index (χ0n) is 14.6. The molecule has 0 unspecified atom stereocenters. The average molecular weight is 407 g/mol. The Morgan fingerprint density at radius 2 is 1.96 bits per heavy atom. The fourth-order valence-electron chi connectivity index (χ4n) is 2.01. The van der Waals surface area contributed by atoms with Crippen LogP contribution < -0.4 is 4.72 Å². The highest BCUT2D eigenvalue weighted by Crippen LogP contribution is 2.20. The van der Waals surface area contributed by atoms with Crippen molar-refractivity contribution in [2.75, 3.05) is 13.2 Å². The van der Waals surface area contributed by atoms with E-state index in [9.17, 15) is 18.0 Å². The van der Waals surface area contributed by atoms with Crippen molar-refractivity contribution in [1.82, 2.24) is 9.71 Å². The number of ether oxygens (including phenoxy) is 1. The molecule has 0 aliphatic carbocycles. The topological polar surface area (TPSA) is 126 Å². The number of esters is 1. The van der Waals surface area contributed by atoms with Crippen molar-refractivity contribution in [1.29, 1.82) is 5.26 Å². The maximum Gasteiger partial charge on any atom is 0.321 e. The SMILES string of the molecule is Cc1ccc(S(=O)(=O)NCC(=O)OCC(=O)[C@@H](C#N)c2nc(C)cs2)cc1. The number of rotatable bonds is 8. The van der Waals surface area contributed by atoms with Crippen molar-refractivity contribution < 1.29 is 22.7 Å². The lowest BCUT2D eigenvalue weighted by Crippen LogP contribution is -2.32. The molecule has 0 aliphatic rings. The van der Waals surface area contributed by atoms with Gasteiger partial charge in [0.1, 0.15) is 11.6 Å². The van der Waals surface area contributed by atoms with E-state index >= 15 is 0 Å². The number of nitrogens with zero attached hydrogens (tertiary/aromatic N) is 2. The van der Waals surface area contributed by atoms with Crippen molar-refractivity contribution in [3.63, 3.8) is 0 Å². The summed E-state index contributed by atoms with van der Waals surface area (Å²) < 4.78 is 31.1.